The van der Waals surface area contributed by atoms with Crippen LogP contribution in [0.2, 0.25) is 0 Å². The molecule has 0 radical (unpaired) electrons. The number of hydrogen-bond acceptors (Lipinski definition) is 8. The average Bonchev–Trinajstić information content (AvgIpc) is 3.03. The summed E-state index contributed by atoms with van der Waals surface area (Å²) < 4.78 is 12.6. The topological polar surface area (TPSA) is 89.5 Å². The third-order valence-electron chi connectivity index (χ3n) is 4.50. The molecule has 0 amide bonds. The fourth-order valence-electron chi connectivity index (χ4n) is 3.13. The molecule has 2 aromatic rings. The Labute approximate surface area is 152 Å². The highest BCUT2D eigenvalue weighted by atomic mass is 16.5. The first-order valence-corrected chi connectivity index (χ1v) is 8.89. The van der Waals surface area contributed by atoms with Gasteiger partial charge in [0.15, 0.2) is 11.6 Å². The van der Waals surface area contributed by atoms with Crippen molar-refractivity contribution in [1.82, 2.24) is 24.6 Å². The summed E-state index contributed by atoms with van der Waals surface area (Å²) in [6, 6.07) is 0. The van der Waals surface area contributed by atoms with Crippen molar-refractivity contribution >= 4 is 5.82 Å². The molecule has 26 heavy (non-hydrogen) atoms. The molecule has 3 rings (SSSR count). The Balaban J connectivity index is 1.48. The van der Waals surface area contributed by atoms with Gasteiger partial charge in [-0.2, -0.15) is 4.98 Å². The lowest BCUT2D eigenvalue weighted by Crippen LogP contribution is -2.48. The molecule has 3 heterocycles. The number of hydrogen-bond donors (Lipinski definition) is 0. The summed E-state index contributed by atoms with van der Waals surface area (Å²) in [5.41, 5.74) is -0.0995. The average molecular weight is 362 g/mol. The van der Waals surface area contributed by atoms with E-state index in [1.165, 1.54) is 4.57 Å². The largest absolute Gasteiger partial charge is 0.374 e. The minimum Gasteiger partial charge on any atom is -0.374 e. The maximum absolute atomic E-state index is 12.2. The van der Waals surface area contributed by atoms with E-state index in [2.05, 4.69) is 20.0 Å². The molecule has 0 N–H and O–H groups in total. The normalized spacial score (nSPS) is 18.2. The van der Waals surface area contributed by atoms with Gasteiger partial charge >= 0.3 is 0 Å². The minimum atomic E-state index is -0.0995. The van der Waals surface area contributed by atoms with Gasteiger partial charge in [-0.3, -0.25) is 9.69 Å². The zero-order chi connectivity index (χ0) is 18.5. The SMILES string of the molecule is Cc1noc(CCCN2CCOC(CN(C)c3nccn(C)c3=O)C2)n1. The van der Waals surface area contributed by atoms with Gasteiger partial charge in [0.05, 0.1) is 12.7 Å². The number of likely N-dealkylation sites (N-methyl/N-ethyl adjacent to an activating group) is 1. The molecule has 142 valence electrons. The van der Waals surface area contributed by atoms with E-state index in [0.717, 1.165) is 32.5 Å². The number of rotatable bonds is 7. The summed E-state index contributed by atoms with van der Waals surface area (Å²) in [5, 5.41) is 3.81. The molecule has 1 unspecified atom stereocenters. The maximum atomic E-state index is 12.2. The molecule has 9 nitrogen and oxygen atoms in total. The van der Waals surface area contributed by atoms with Crippen LogP contribution < -0.4 is 10.5 Å². The second-order valence-electron chi connectivity index (χ2n) is 6.68. The molecule has 1 aliphatic heterocycles. The van der Waals surface area contributed by atoms with E-state index in [-0.39, 0.29) is 11.7 Å². The van der Waals surface area contributed by atoms with Crippen LogP contribution in [0.1, 0.15) is 18.1 Å². The van der Waals surface area contributed by atoms with Gasteiger partial charge in [-0.15, -0.1) is 0 Å². The van der Waals surface area contributed by atoms with E-state index in [9.17, 15) is 4.79 Å². The smallest absolute Gasteiger partial charge is 0.293 e. The van der Waals surface area contributed by atoms with Crippen LogP contribution in [0.5, 0.6) is 0 Å². The predicted molar refractivity (Wildman–Crippen MR) is 96.3 cm³/mol. The highest BCUT2D eigenvalue weighted by molar-refractivity contribution is 5.34. The van der Waals surface area contributed by atoms with Crippen molar-refractivity contribution in [2.24, 2.45) is 7.05 Å². The van der Waals surface area contributed by atoms with Crippen LogP contribution in [0.4, 0.5) is 5.82 Å². The number of aromatic nitrogens is 4. The van der Waals surface area contributed by atoms with Gasteiger partial charge in [0.2, 0.25) is 5.89 Å². The predicted octanol–water partition coefficient (Wildman–Crippen LogP) is 0.242. The first-order chi connectivity index (χ1) is 12.5. The molecule has 0 saturated carbocycles. The molecule has 0 aromatic carbocycles. The molecule has 0 aliphatic carbocycles. The van der Waals surface area contributed by atoms with Crippen molar-refractivity contribution in [1.29, 1.82) is 0 Å². The van der Waals surface area contributed by atoms with Gasteiger partial charge in [-0.25, -0.2) is 4.98 Å². The standard InChI is InChI=1S/C17H26N6O3/c1-13-19-15(26-20-13)5-4-7-23-9-10-25-14(12-23)11-22(3)16-17(24)21(2)8-6-18-16/h6,8,14H,4-5,7,9-12H2,1-3H3. The first-order valence-electron chi connectivity index (χ1n) is 8.89. The molecule has 2 aromatic heterocycles. The van der Waals surface area contributed by atoms with Crippen LogP contribution in [0.3, 0.4) is 0 Å². The summed E-state index contributed by atoms with van der Waals surface area (Å²) in [6.07, 6.45) is 5.09. The lowest BCUT2D eigenvalue weighted by molar-refractivity contribution is -0.0238. The van der Waals surface area contributed by atoms with Crippen LogP contribution >= 0.6 is 0 Å². The van der Waals surface area contributed by atoms with Gasteiger partial charge in [-0.1, -0.05) is 5.16 Å². The fraction of sp³-hybridized carbons (Fsp3) is 0.647. The molecule has 1 aliphatic rings. The maximum Gasteiger partial charge on any atom is 0.293 e. The third-order valence-corrected chi connectivity index (χ3v) is 4.50. The molecular formula is C17H26N6O3. The van der Waals surface area contributed by atoms with Crippen LogP contribution in [-0.2, 0) is 18.2 Å². The Bertz CT molecular complexity index is 774. The van der Waals surface area contributed by atoms with Crippen molar-refractivity contribution in [3.05, 3.63) is 34.5 Å². The second-order valence-corrected chi connectivity index (χ2v) is 6.68. The molecule has 0 spiro atoms. The Hall–Kier alpha value is -2.26. The van der Waals surface area contributed by atoms with Gasteiger partial charge in [0.1, 0.15) is 0 Å². The van der Waals surface area contributed by atoms with E-state index in [4.69, 9.17) is 9.26 Å². The highest BCUT2D eigenvalue weighted by Crippen LogP contribution is 2.10. The van der Waals surface area contributed by atoms with Gasteiger partial charge in [-0.05, 0) is 19.9 Å². The minimum absolute atomic E-state index is 0.0473. The zero-order valence-corrected chi connectivity index (χ0v) is 15.6. The number of ether oxygens (including phenoxy) is 1. The summed E-state index contributed by atoms with van der Waals surface area (Å²) in [6.45, 7) is 5.85. The van der Waals surface area contributed by atoms with Crippen LogP contribution in [0.25, 0.3) is 0 Å². The summed E-state index contributed by atoms with van der Waals surface area (Å²) in [7, 11) is 3.61. The molecule has 1 saturated heterocycles. The molecule has 1 fully saturated rings. The lowest BCUT2D eigenvalue weighted by atomic mass is 10.2. The van der Waals surface area contributed by atoms with Gasteiger partial charge in [0, 0.05) is 52.5 Å². The summed E-state index contributed by atoms with van der Waals surface area (Å²) >= 11 is 0. The van der Waals surface area contributed by atoms with Crippen molar-refractivity contribution < 1.29 is 9.26 Å². The molecule has 9 heteroatoms. The number of nitrogens with zero attached hydrogens (tertiary/aromatic N) is 6. The highest BCUT2D eigenvalue weighted by Gasteiger charge is 2.23. The molecular weight excluding hydrogens is 336 g/mol. The van der Waals surface area contributed by atoms with Crippen molar-refractivity contribution in [3.63, 3.8) is 0 Å². The van der Waals surface area contributed by atoms with E-state index in [1.807, 2.05) is 18.9 Å². The quantitative estimate of drug-likeness (QED) is 0.692. The van der Waals surface area contributed by atoms with Crippen LogP contribution in [0, 0.1) is 6.92 Å². The lowest BCUT2D eigenvalue weighted by Gasteiger charge is -2.34. The molecule has 1 atom stereocenters. The number of anilines is 1. The zero-order valence-electron chi connectivity index (χ0n) is 15.6. The van der Waals surface area contributed by atoms with E-state index in [1.54, 1.807) is 19.4 Å². The second kappa shape index (κ2) is 8.41. The fourth-order valence-corrected chi connectivity index (χ4v) is 3.13. The van der Waals surface area contributed by atoms with Gasteiger partial charge in [0.25, 0.3) is 5.56 Å². The van der Waals surface area contributed by atoms with Crippen molar-refractivity contribution in [2.45, 2.75) is 25.9 Å². The van der Waals surface area contributed by atoms with Crippen molar-refractivity contribution in [3.8, 4) is 0 Å². The van der Waals surface area contributed by atoms with E-state index in [0.29, 0.717) is 30.7 Å². The van der Waals surface area contributed by atoms with E-state index < -0.39 is 0 Å². The number of aryl methyl sites for hydroxylation is 3. The van der Waals surface area contributed by atoms with E-state index >= 15 is 0 Å². The van der Waals surface area contributed by atoms with Crippen LogP contribution in [0.15, 0.2) is 21.7 Å². The Morgan fingerprint density at radius 2 is 2.27 bits per heavy atom. The third kappa shape index (κ3) is 4.67. The molecule has 0 bridgehead atoms. The number of morpholine rings is 1. The Kier molecular flexibility index (Phi) is 6.00. The first kappa shape index (κ1) is 18.5. The Morgan fingerprint density at radius 1 is 1.42 bits per heavy atom. The Morgan fingerprint density at radius 3 is 3.04 bits per heavy atom. The summed E-state index contributed by atoms with van der Waals surface area (Å²) in [5.74, 6) is 1.82. The van der Waals surface area contributed by atoms with Crippen LogP contribution in [-0.4, -0.2) is 70.5 Å². The van der Waals surface area contributed by atoms with Crippen molar-refractivity contribution in [2.75, 3.05) is 44.7 Å². The summed E-state index contributed by atoms with van der Waals surface area (Å²) in [4.78, 5) is 24.9. The van der Waals surface area contributed by atoms with Gasteiger partial charge < -0.3 is 18.7 Å². The monoisotopic (exact) mass is 362 g/mol.